The number of aryl methyl sites for hydroxylation is 1. The van der Waals surface area contributed by atoms with E-state index in [0.717, 1.165) is 17.0 Å². The van der Waals surface area contributed by atoms with E-state index in [1.165, 1.54) is 16.7 Å². The second kappa shape index (κ2) is 9.43. The zero-order valence-corrected chi connectivity index (χ0v) is 17.5. The van der Waals surface area contributed by atoms with Gasteiger partial charge in [-0.1, -0.05) is 18.2 Å². The van der Waals surface area contributed by atoms with Gasteiger partial charge in [0.1, 0.15) is 5.76 Å². The molecule has 1 aromatic heterocycles. The molecule has 2 aromatic carbocycles. The van der Waals surface area contributed by atoms with Crippen molar-refractivity contribution in [3.05, 3.63) is 71.6 Å². The van der Waals surface area contributed by atoms with E-state index in [4.69, 9.17) is 4.42 Å². The van der Waals surface area contributed by atoms with Crippen molar-refractivity contribution >= 4 is 29.3 Å². The SMILES string of the molecule is Cc1oc(-c2ccccc2)nc1CSCC(=O)Nc1ccc(C(=O)N(C)C)cc1. The minimum atomic E-state index is -0.105. The number of rotatable bonds is 7. The van der Waals surface area contributed by atoms with Crippen LogP contribution in [0, 0.1) is 6.92 Å². The highest BCUT2D eigenvalue weighted by atomic mass is 32.2. The maximum Gasteiger partial charge on any atom is 0.253 e. The molecule has 1 N–H and O–H groups in total. The van der Waals surface area contributed by atoms with Crippen LogP contribution in [0.15, 0.2) is 59.0 Å². The molecule has 0 saturated heterocycles. The highest BCUT2D eigenvalue weighted by Gasteiger charge is 2.12. The maximum atomic E-state index is 12.2. The molecule has 29 heavy (non-hydrogen) atoms. The molecule has 0 aliphatic carbocycles. The third-order valence-corrected chi connectivity index (χ3v) is 5.15. The van der Waals surface area contributed by atoms with Gasteiger partial charge >= 0.3 is 0 Å². The first-order valence-corrected chi connectivity index (χ1v) is 10.3. The van der Waals surface area contributed by atoms with E-state index >= 15 is 0 Å². The Kier molecular flexibility index (Phi) is 6.72. The van der Waals surface area contributed by atoms with Gasteiger partial charge < -0.3 is 14.6 Å². The molecule has 0 atom stereocenters. The Bertz CT molecular complexity index is 982. The number of carbonyl (C=O) groups is 2. The van der Waals surface area contributed by atoms with Crippen molar-refractivity contribution in [2.24, 2.45) is 0 Å². The van der Waals surface area contributed by atoms with Crippen LogP contribution >= 0.6 is 11.8 Å². The Morgan fingerprint density at radius 2 is 1.76 bits per heavy atom. The van der Waals surface area contributed by atoms with Crippen molar-refractivity contribution in [2.45, 2.75) is 12.7 Å². The van der Waals surface area contributed by atoms with E-state index in [9.17, 15) is 9.59 Å². The summed E-state index contributed by atoms with van der Waals surface area (Å²) in [7, 11) is 3.41. The highest BCUT2D eigenvalue weighted by molar-refractivity contribution is 7.99. The molecule has 0 radical (unpaired) electrons. The third kappa shape index (κ3) is 5.48. The number of oxazole rings is 1. The molecule has 0 aliphatic heterocycles. The quantitative estimate of drug-likeness (QED) is 0.632. The molecule has 150 valence electrons. The van der Waals surface area contributed by atoms with Gasteiger partial charge in [0.15, 0.2) is 0 Å². The summed E-state index contributed by atoms with van der Waals surface area (Å²) in [4.78, 5) is 30.1. The summed E-state index contributed by atoms with van der Waals surface area (Å²) in [5.41, 5.74) is 3.02. The van der Waals surface area contributed by atoms with Gasteiger partial charge in [-0.05, 0) is 43.3 Å². The molecule has 2 amide bonds. The van der Waals surface area contributed by atoms with Gasteiger partial charge in [-0.2, -0.15) is 0 Å². The number of benzene rings is 2. The van der Waals surface area contributed by atoms with Gasteiger partial charge in [-0.25, -0.2) is 4.98 Å². The summed E-state index contributed by atoms with van der Waals surface area (Å²) in [6.07, 6.45) is 0. The van der Waals surface area contributed by atoms with Crippen molar-refractivity contribution in [2.75, 3.05) is 25.2 Å². The molecule has 0 aliphatic rings. The minimum Gasteiger partial charge on any atom is -0.441 e. The normalized spacial score (nSPS) is 10.6. The van der Waals surface area contributed by atoms with Crippen molar-refractivity contribution in [1.82, 2.24) is 9.88 Å². The van der Waals surface area contributed by atoms with E-state index in [-0.39, 0.29) is 11.8 Å². The number of carbonyl (C=O) groups excluding carboxylic acids is 2. The second-order valence-corrected chi connectivity index (χ2v) is 7.69. The van der Waals surface area contributed by atoms with Gasteiger partial charge in [0.2, 0.25) is 11.8 Å². The van der Waals surface area contributed by atoms with E-state index in [2.05, 4.69) is 10.3 Å². The lowest BCUT2D eigenvalue weighted by Gasteiger charge is -2.11. The molecule has 7 heteroatoms. The molecule has 1 heterocycles. The van der Waals surface area contributed by atoms with Crippen molar-refractivity contribution in [3.8, 4) is 11.5 Å². The Morgan fingerprint density at radius 1 is 1.07 bits per heavy atom. The Labute approximate surface area is 174 Å². The number of amides is 2. The molecule has 3 rings (SSSR count). The van der Waals surface area contributed by atoms with Crippen molar-refractivity contribution in [1.29, 1.82) is 0 Å². The molecule has 6 nitrogen and oxygen atoms in total. The van der Waals surface area contributed by atoms with Gasteiger partial charge in [0.05, 0.1) is 11.4 Å². The monoisotopic (exact) mass is 409 g/mol. The predicted molar refractivity (Wildman–Crippen MR) is 116 cm³/mol. The lowest BCUT2D eigenvalue weighted by atomic mass is 10.2. The summed E-state index contributed by atoms with van der Waals surface area (Å²) < 4.78 is 5.75. The summed E-state index contributed by atoms with van der Waals surface area (Å²) >= 11 is 1.47. The van der Waals surface area contributed by atoms with Crippen LogP contribution < -0.4 is 5.32 Å². The van der Waals surface area contributed by atoms with Gasteiger partial charge in [-0.15, -0.1) is 11.8 Å². The largest absolute Gasteiger partial charge is 0.441 e. The van der Waals surface area contributed by atoms with Crippen LogP contribution in [0.3, 0.4) is 0 Å². The van der Waals surface area contributed by atoms with Crippen LogP contribution in [-0.2, 0) is 10.5 Å². The lowest BCUT2D eigenvalue weighted by Crippen LogP contribution is -2.21. The number of nitrogens with one attached hydrogen (secondary N) is 1. The molecular weight excluding hydrogens is 386 g/mol. The second-order valence-electron chi connectivity index (χ2n) is 6.71. The fourth-order valence-electron chi connectivity index (χ4n) is 2.66. The first-order chi connectivity index (χ1) is 13.9. The van der Waals surface area contributed by atoms with Crippen LogP contribution in [0.2, 0.25) is 0 Å². The predicted octanol–water partition coefficient (Wildman–Crippen LogP) is 4.22. The topological polar surface area (TPSA) is 75.4 Å². The summed E-state index contributed by atoms with van der Waals surface area (Å²) in [5, 5.41) is 2.84. The van der Waals surface area contributed by atoms with Crippen molar-refractivity contribution in [3.63, 3.8) is 0 Å². The zero-order chi connectivity index (χ0) is 20.8. The Morgan fingerprint density at radius 3 is 2.41 bits per heavy atom. The number of nitrogens with zero attached hydrogens (tertiary/aromatic N) is 2. The molecule has 0 unspecified atom stereocenters. The number of hydrogen-bond acceptors (Lipinski definition) is 5. The van der Waals surface area contributed by atoms with Gasteiger partial charge in [0, 0.05) is 36.7 Å². The number of thioether (sulfide) groups is 1. The smallest absolute Gasteiger partial charge is 0.253 e. The molecule has 0 bridgehead atoms. The summed E-state index contributed by atoms with van der Waals surface area (Å²) in [6.45, 7) is 1.88. The number of hydrogen-bond donors (Lipinski definition) is 1. The van der Waals surface area contributed by atoms with Gasteiger partial charge in [-0.3, -0.25) is 9.59 Å². The van der Waals surface area contributed by atoms with E-state index in [1.54, 1.807) is 38.4 Å². The molecule has 0 spiro atoms. The van der Waals surface area contributed by atoms with Crippen LogP contribution in [0.5, 0.6) is 0 Å². The number of aromatic nitrogens is 1. The molecular formula is C22H23N3O3S. The number of anilines is 1. The standard InChI is InChI=1S/C22H23N3O3S/c1-15-19(24-21(28-15)16-7-5-4-6-8-16)13-29-14-20(26)23-18-11-9-17(10-12-18)22(27)25(2)3/h4-12H,13-14H2,1-3H3,(H,23,26). The molecule has 0 fully saturated rings. The Balaban J connectivity index is 1.50. The average molecular weight is 410 g/mol. The fourth-order valence-corrected chi connectivity index (χ4v) is 3.48. The Hall–Kier alpha value is -3.06. The van der Waals surface area contributed by atoms with Crippen molar-refractivity contribution < 1.29 is 14.0 Å². The van der Waals surface area contributed by atoms with E-state index < -0.39 is 0 Å². The van der Waals surface area contributed by atoms with Gasteiger partial charge in [0.25, 0.3) is 5.91 Å². The zero-order valence-electron chi connectivity index (χ0n) is 16.6. The summed E-state index contributed by atoms with van der Waals surface area (Å²) in [6, 6.07) is 16.6. The third-order valence-electron chi connectivity index (χ3n) is 4.21. The summed E-state index contributed by atoms with van der Waals surface area (Å²) in [5.74, 6) is 2.06. The first-order valence-electron chi connectivity index (χ1n) is 9.15. The van der Waals surface area contributed by atoms with E-state index in [1.807, 2.05) is 37.3 Å². The van der Waals surface area contributed by atoms with Crippen LogP contribution in [0.1, 0.15) is 21.8 Å². The first kappa shape index (κ1) is 20.7. The van der Waals surface area contributed by atoms with Crippen LogP contribution in [-0.4, -0.2) is 41.5 Å². The maximum absolute atomic E-state index is 12.2. The molecule has 0 saturated carbocycles. The lowest BCUT2D eigenvalue weighted by molar-refractivity contribution is -0.113. The minimum absolute atomic E-state index is 0.0729. The average Bonchev–Trinajstić information content (AvgIpc) is 3.09. The van der Waals surface area contributed by atoms with E-state index in [0.29, 0.717) is 28.6 Å². The van der Waals surface area contributed by atoms with Crippen LogP contribution in [0.25, 0.3) is 11.5 Å². The van der Waals surface area contributed by atoms with Crippen LogP contribution in [0.4, 0.5) is 5.69 Å². The highest BCUT2D eigenvalue weighted by Crippen LogP contribution is 2.24. The molecule has 3 aromatic rings. The fraction of sp³-hybridized carbons (Fsp3) is 0.227.